The minimum Gasteiger partial charge on any atom is -0.300 e. The van der Waals surface area contributed by atoms with Crippen LogP contribution in [0.4, 0.5) is 0 Å². The van der Waals surface area contributed by atoms with Gasteiger partial charge in [-0.2, -0.15) is 0 Å². The zero-order valence-corrected chi connectivity index (χ0v) is 16.5. The molecular formula is C20H28O4S. The molecule has 1 heterocycles. The third-order valence-electron chi connectivity index (χ3n) is 4.15. The maximum atomic E-state index is 11.4. The van der Waals surface area contributed by atoms with E-state index >= 15 is 0 Å². The molecule has 0 bridgehead atoms. The van der Waals surface area contributed by atoms with Gasteiger partial charge >= 0.3 is 0 Å². The van der Waals surface area contributed by atoms with Gasteiger partial charge in [0.2, 0.25) is 0 Å². The van der Waals surface area contributed by atoms with Gasteiger partial charge in [0.05, 0.1) is 0 Å². The molecule has 0 aliphatic carbocycles. The Balaban J connectivity index is 3.18. The molecule has 0 N–H and O–H groups in total. The van der Waals surface area contributed by atoms with Crippen molar-refractivity contribution >= 4 is 34.5 Å². The standard InChI is InChI=1S/C20H28O4S/c1-13(21)5-9-17-18(10-6-14(2)22)20(12-8-16(4)24)25-19(17)11-7-15(3)23/h5-12H2,1-4H3. The van der Waals surface area contributed by atoms with Crippen molar-refractivity contribution in [3.63, 3.8) is 0 Å². The fourth-order valence-corrected chi connectivity index (χ4v) is 4.18. The van der Waals surface area contributed by atoms with Gasteiger partial charge in [-0.3, -0.25) is 0 Å². The molecule has 0 spiro atoms. The number of thiophene rings is 1. The van der Waals surface area contributed by atoms with E-state index in [-0.39, 0.29) is 23.1 Å². The van der Waals surface area contributed by atoms with Gasteiger partial charge in [0.15, 0.2) is 0 Å². The van der Waals surface area contributed by atoms with Crippen LogP contribution in [0, 0.1) is 0 Å². The van der Waals surface area contributed by atoms with Crippen LogP contribution in [-0.2, 0) is 44.9 Å². The first kappa shape index (κ1) is 21.4. The molecule has 1 aromatic heterocycles. The summed E-state index contributed by atoms with van der Waals surface area (Å²) in [5.74, 6) is 0.543. The number of aryl methyl sites for hydroxylation is 2. The minimum atomic E-state index is 0.131. The molecule has 4 nitrogen and oxygen atoms in total. The highest BCUT2D eigenvalue weighted by Gasteiger charge is 2.19. The molecule has 1 rings (SSSR count). The van der Waals surface area contributed by atoms with Crippen molar-refractivity contribution < 1.29 is 19.2 Å². The second kappa shape index (κ2) is 10.4. The minimum absolute atomic E-state index is 0.131. The number of ketones is 4. The largest absolute Gasteiger partial charge is 0.300 e. The Kier molecular flexibility index (Phi) is 8.90. The molecule has 1 aromatic rings. The van der Waals surface area contributed by atoms with Crippen LogP contribution in [0.15, 0.2) is 0 Å². The number of carbonyl (C=O) groups is 4. The maximum absolute atomic E-state index is 11.4. The molecule has 0 aliphatic heterocycles. The van der Waals surface area contributed by atoms with Crippen molar-refractivity contribution in [3.05, 3.63) is 20.9 Å². The van der Waals surface area contributed by atoms with Crippen molar-refractivity contribution in [3.8, 4) is 0 Å². The molecule has 0 aliphatic rings. The Labute approximate surface area is 154 Å². The number of rotatable bonds is 12. The van der Waals surface area contributed by atoms with Gasteiger partial charge < -0.3 is 19.2 Å². The van der Waals surface area contributed by atoms with Gasteiger partial charge in [-0.05, 0) is 64.5 Å². The summed E-state index contributed by atoms with van der Waals surface area (Å²) in [5.41, 5.74) is 2.25. The Hall–Kier alpha value is -1.62. The lowest BCUT2D eigenvalue weighted by Crippen LogP contribution is -2.04. The second-order valence-corrected chi connectivity index (χ2v) is 7.90. The summed E-state index contributed by atoms with van der Waals surface area (Å²) in [7, 11) is 0. The van der Waals surface area contributed by atoms with Crippen molar-refractivity contribution in [2.45, 2.75) is 79.1 Å². The first-order valence-electron chi connectivity index (χ1n) is 8.80. The molecule has 25 heavy (non-hydrogen) atoms. The lowest BCUT2D eigenvalue weighted by molar-refractivity contribution is -0.117. The van der Waals surface area contributed by atoms with Gasteiger partial charge in [-0.25, -0.2) is 0 Å². The second-order valence-electron chi connectivity index (χ2n) is 6.71. The molecule has 0 atom stereocenters. The van der Waals surface area contributed by atoms with Gasteiger partial charge in [0.25, 0.3) is 0 Å². The van der Waals surface area contributed by atoms with E-state index in [4.69, 9.17) is 0 Å². The average molecular weight is 365 g/mol. The molecule has 0 fully saturated rings. The zero-order valence-electron chi connectivity index (χ0n) is 15.7. The third-order valence-corrected chi connectivity index (χ3v) is 5.54. The number of Topliss-reactive ketones (excluding diaryl/α,β-unsaturated/α-hetero) is 4. The van der Waals surface area contributed by atoms with Crippen LogP contribution in [0.2, 0.25) is 0 Å². The molecule has 5 heteroatoms. The highest BCUT2D eigenvalue weighted by Crippen LogP contribution is 2.33. The van der Waals surface area contributed by atoms with E-state index < -0.39 is 0 Å². The number of hydrogen-bond donors (Lipinski definition) is 0. The fourth-order valence-electron chi connectivity index (χ4n) is 2.77. The van der Waals surface area contributed by atoms with E-state index in [1.54, 1.807) is 39.0 Å². The van der Waals surface area contributed by atoms with Crippen LogP contribution in [0.3, 0.4) is 0 Å². The van der Waals surface area contributed by atoms with E-state index in [1.807, 2.05) is 0 Å². The summed E-state index contributed by atoms with van der Waals surface area (Å²) in [4.78, 5) is 47.9. The van der Waals surface area contributed by atoms with Crippen LogP contribution < -0.4 is 0 Å². The van der Waals surface area contributed by atoms with Gasteiger partial charge in [-0.1, -0.05) is 0 Å². The molecular weight excluding hydrogens is 336 g/mol. The number of carbonyl (C=O) groups excluding carboxylic acids is 4. The average Bonchev–Trinajstić information content (AvgIpc) is 2.83. The molecule has 0 aromatic carbocycles. The van der Waals surface area contributed by atoms with Crippen molar-refractivity contribution in [2.75, 3.05) is 0 Å². The normalized spacial score (nSPS) is 10.7. The van der Waals surface area contributed by atoms with E-state index in [9.17, 15) is 19.2 Å². The van der Waals surface area contributed by atoms with Crippen LogP contribution >= 0.6 is 11.3 Å². The maximum Gasteiger partial charge on any atom is 0.130 e. The van der Waals surface area contributed by atoms with Crippen LogP contribution in [-0.4, -0.2) is 23.1 Å². The van der Waals surface area contributed by atoms with Crippen LogP contribution in [0.1, 0.15) is 74.3 Å². The highest BCUT2D eigenvalue weighted by molar-refractivity contribution is 7.12. The summed E-state index contributed by atoms with van der Waals surface area (Å²) < 4.78 is 0. The Morgan fingerprint density at radius 2 is 0.840 bits per heavy atom. The van der Waals surface area contributed by atoms with E-state index in [0.29, 0.717) is 51.4 Å². The van der Waals surface area contributed by atoms with E-state index in [0.717, 1.165) is 20.9 Å². The summed E-state index contributed by atoms with van der Waals surface area (Å²) in [5, 5.41) is 0. The molecule has 138 valence electrons. The topological polar surface area (TPSA) is 68.3 Å². The van der Waals surface area contributed by atoms with E-state index in [2.05, 4.69) is 0 Å². The predicted octanol–water partition coefficient (Wildman–Crippen LogP) is 3.83. The number of hydrogen-bond acceptors (Lipinski definition) is 5. The van der Waals surface area contributed by atoms with E-state index in [1.165, 1.54) is 0 Å². The van der Waals surface area contributed by atoms with Crippen LogP contribution in [0.25, 0.3) is 0 Å². The SMILES string of the molecule is CC(=O)CCc1sc(CCC(C)=O)c(CCC(C)=O)c1CCC(C)=O. The van der Waals surface area contributed by atoms with Crippen molar-refractivity contribution in [2.24, 2.45) is 0 Å². The smallest absolute Gasteiger partial charge is 0.130 e. The first-order valence-corrected chi connectivity index (χ1v) is 9.62. The molecule has 0 radical (unpaired) electrons. The monoisotopic (exact) mass is 364 g/mol. The third kappa shape index (κ3) is 7.86. The fraction of sp³-hybridized carbons (Fsp3) is 0.600. The predicted molar refractivity (Wildman–Crippen MR) is 100 cm³/mol. The highest BCUT2D eigenvalue weighted by atomic mass is 32.1. The van der Waals surface area contributed by atoms with Crippen molar-refractivity contribution in [1.82, 2.24) is 0 Å². The van der Waals surface area contributed by atoms with Gasteiger partial charge in [-0.15, -0.1) is 11.3 Å². The lowest BCUT2D eigenvalue weighted by Gasteiger charge is -2.08. The van der Waals surface area contributed by atoms with Gasteiger partial charge in [0, 0.05) is 35.4 Å². The molecule has 0 amide bonds. The van der Waals surface area contributed by atoms with Crippen LogP contribution in [0.5, 0.6) is 0 Å². The zero-order chi connectivity index (χ0) is 19.0. The Bertz CT molecular complexity index is 600. The quantitative estimate of drug-likeness (QED) is 0.565. The Morgan fingerprint density at radius 1 is 0.560 bits per heavy atom. The summed E-state index contributed by atoms with van der Waals surface area (Å²) in [6.07, 6.45) is 4.50. The first-order chi connectivity index (χ1) is 11.7. The summed E-state index contributed by atoms with van der Waals surface area (Å²) >= 11 is 1.65. The Morgan fingerprint density at radius 3 is 1.12 bits per heavy atom. The summed E-state index contributed by atoms with van der Waals surface area (Å²) in [6, 6.07) is 0. The van der Waals surface area contributed by atoms with Gasteiger partial charge in [0.1, 0.15) is 23.1 Å². The molecule has 0 unspecified atom stereocenters. The summed E-state index contributed by atoms with van der Waals surface area (Å²) in [6.45, 7) is 6.31. The lowest BCUT2D eigenvalue weighted by atomic mass is 9.95. The molecule has 0 saturated carbocycles. The molecule has 0 saturated heterocycles. The van der Waals surface area contributed by atoms with Crippen molar-refractivity contribution in [1.29, 1.82) is 0 Å².